The van der Waals surface area contributed by atoms with Crippen LogP contribution in [0.15, 0.2) is 5.16 Å². The maximum Gasteiger partial charge on any atom is 0.313 e. The van der Waals surface area contributed by atoms with Gasteiger partial charge in [-0.3, -0.25) is 4.79 Å². The van der Waals surface area contributed by atoms with Gasteiger partial charge in [0.1, 0.15) is 0 Å². The van der Waals surface area contributed by atoms with Crippen LogP contribution in [-0.4, -0.2) is 31.6 Å². The van der Waals surface area contributed by atoms with E-state index in [4.69, 9.17) is 5.11 Å². The van der Waals surface area contributed by atoms with Gasteiger partial charge in [0.05, 0.1) is 5.75 Å². The van der Waals surface area contributed by atoms with Crippen molar-refractivity contribution in [2.75, 3.05) is 5.75 Å². The lowest BCUT2D eigenvalue weighted by molar-refractivity contribution is -0.133. The lowest BCUT2D eigenvalue weighted by Crippen LogP contribution is -2.10. The molecule has 0 saturated heterocycles. The lowest BCUT2D eigenvalue weighted by atomic mass is 9.85. The van der Waals surface area contributed by atoms with Crippen LogP contribution >= 0.6 is 11.8 Å². The number of nitrogens with zero attached hydrogens (tertiary/aromatic N) is 3. The highest BCUT2D eigenvalue weighted by atomic mass is 32.2. The zero-order valence-electron chi connectivity index (χ0n) is 8.51. The summed E-state index contributed by atoms with van der Waals surface area (Å²) in [6.45, 7) is 0. The minimum atomic E-state index is -0.826. The van der Waals surface area contributed by atoms with E-state index in [0.29, 0.717) is 11.1 Å². The SMILES string of the molecule is Cn1nc(C2CCC2)nc1SCC(=O)O. The van der Waals surface area contributed by atoms with Gasteiger partial charge in [-0.25, -0.2) is 9.67 Å². The molecule has 0 atom stereocenters. The van der Waals surface area contributed by atoms with Crippen LogP contribution < -0.4 is 0 Å². The summed E-state index contributed by atoms with van der Waals surface area (Å²) in [5, 5.41) is 13.6. The molecule has 1 aliphatic carbocycles. The number of hydrogen-bond donors (Lipinski definition) is 1. The second kappa shape index (κ2) is 4.22. The van der Waals surface area contributed by atoms with Crippen molar-refractivity contribution in [3.63, 3.8) is 0 Å². The van der Waals surface area contributed by atoms with Gasteiger partial charge in [0.15, 0.2) is 11.0 Å². The van der Waals surface area contributed by atoms with Gasteiger partial charge in [-0.05, 0) is 12.8 Å². The molecule has 2 rings (SSSR count). The van der Waals surface area contributed by atoms with Gasteiger partial charge >= 0.3 is 5.97 Å². The van der Waals surface area contributed by atoms with Crippen LogP contribution in [-0.2, 0) is 11.8 Å². The molecule has 5 nitrogen and oxygen atoms in total. The van der Waals surface area contributed by atoms with Gasteiger partial charge in [0.2, 0.25) is 0 Å². The monoisotopic (exact) mass is 227 g/mol. The molecule has 0 aliphatic heterocycles. The van der Waals surface area contributed by atoms with E-state index in [0.717, 1.165) is 18.7 Å². The zero-order valence-corrected chi connectivity index (χ0v) is 9.33. The standard InChI is InChI=1S/C9H13N3O2S/c1-12-9(15-5-7(13)14)10-8(11-12)6-3-2-4-6/h6H,2-5H2,1H3,(H,13,14). The van der Waals surface area contributed by atoms with Crippen molar-refractivity contribution >= 4 is 17.7 Å². The number of carboxylic acid groups (broad SMARTS) is 1. The van der Waals surface area contributed by atoms with Crippen molar-refractivity contribution in [2.24, 2.45) is 7.05 Å². The average Bonchev–Trinajstić information content (AvgIpc) is 2.40. The summed E-state index contributed by atoms with van der Waals surface area (Å²) in [7, 11) is 1.80. The van der Waals surface area contributed by atoms with Crippen molar-refractivity contribution < 1.29 is 9.90 Å². The second-order valence-corrected chi connectivity index (χ2v) is 4.63. The van der Waals surface area contributed by atoms with E-state index in [1.165, 1.54) is 18.2 Å². The van der Waals surface area contributed by atoms with Gasteiger partial charge in [0.25, 0.3) is 0 Å². The minimum Gasteiger partial charge on any atom is -0.481 e. The van der Waals surface area contributed by atoms with Crippen molar-refractivity contribution in [1.29, 1.82) is 0 Å². The van der Waals surface area contributed by atoms with Crippen molar-refractivity contribution in [2.45, 2.75) is 30.3 Å². The number of carboxylic acids is 1. The summed E-state index contributed by atoms with van der Waals surface area (Å²) in [6, 6.07) is 0. The Labute approximate surface area is 91.9 Å². The van der Waals surface area contributed by atoms with E-state index in [2.05, 4.69) is 10.1 Å². The van der Waals surface area contributed by atoms with Gasteiger partial charge in [-0.2, -0.15) is 5.10 Å². The quantitative estimate of drug-likeness (QED) is 0.784. The first-order chi connectivity index (χ1) is 7.16. The Morgan fingerprint density at radius 2 is 2.40 bits per heavy atom. The Kier molecular flexibility index (Phi) is 2.95. The average molecular weight is 227 g/mol. The number of hydrogen-bond acceptors (Lipinski definition) is 4. The van der Waals surface area contributed by atoms with Gasteiger partial charge in [-0.1, -0.05) is 18.2 Å². The predicted octanol–water partition coefficient (Wildman–Crippen LogP) is 1.26. The van der Waals surface area contributed by atoms with E-state index in [1.807, 2.05) is 0 Å². The number of thioether (sulfide) groups is 1. The molecule has 1 heterocycles. The number of aromatic nitrogens is 3. The van der Waals surface area contributed by atoms with E-state index >= 15 is 0 Å². The topological polar surface area (TPSA) is 68.0 Å². The Morgan fingerprint density at radius 3 is 2.93 bits per heavy atom. The third-order valence-corrected chi connectivity index (χ3v) is 3.54. The Bertz CT molecular complexity index is 373. The van der Waals surface area contributed by atoms with E-state index in [-0.39, 0.29) is 5.75 Å². The maximum atomic E-state index is 10.4. The fourth-order valence-corrected chi connectivity index (χ4v) is 2.12. The highest BCUT2D eigenvalue weighted by molar-refractivity contribution is 7.99. The molecular formula is C9H13N3O2S. The molecule has 0 unspecified atom stereocenters. The molecule has 15 heavy (non-hydrogen) atoms. The summed E-state index contributed by atoms with van der Waals surface area (Å²) in [5.74, 6) is 0.580. The number of aryl methyl sites for hydroxylation is 1. The van der Waals surface area contributed by atoms with E-state index < -0.39 is 5.97 Å². The smallest absolute Gasteiger partial charge is 0.313 e. The van der Waals surface area contributed by atoms with Crippen LogP contribution in [0, 0.1) is 0 Å². The first-order valence-electron chi connectivity index (χ1n) is 4.92. The molecule has 0 spiro atoms. The summed E-state index contributed by atoms with van der Waals surface area (Å²) < 4.78 is 1.67. The maximum absolute atomic E-state index is 10.4. The van der Waals surface area contributed by atoms with Gasteiger partial charge in [0, 0.05) is 13.0 Å². The molecule has 6 heteroatoms. The summed E-state index contributed by atoms with van der Waals surface area (Å²) >= 11 is 1.22. The van der Waals surface area contributed by atoms with Crippen molar-refractivity contribution in [1.82, 2.24) is 14.8 Å². The van der Waals surface area contributed by atoms with Crippen molar-refractivity contribution in [3.05, 3.63) is 5.82 Å². The van der Waals surface area contributed by atoms with Crippen LogP contribution in [0.2, 0.25) is 0 Å². The van der Waals surface area contributed by atoms with E-state index in [1.54, 1.807) is 11.7 Å². The molecule has 0 aromatic carbocycles. The zero-order chi connectivity index (χ0) is 10.8. The van der Waals surface area contributed by atoms with Crippen LogP contribution in [0.1, 0.15) is 31.0 Å². The number of aliphatic carboxylic acids is 1. The number of rotatable bonds is 4. The molecule has 1 N–H and O–H groups in total. The van der Waals surface area contributed by atoms with Crippen LogP contribution in [0.5, 0.6) is 0 Å². The van der Waals surface area contributed by atoms with E-state index in [9.17, 15) is 4.79 Å². The largest absolute Gasteiger partial charge is 0.481 e. The Balaban J connectivity index is 2.03. The van der Waals surface area contributed by atoms with Crippen LogP contribution in [0.3, 0.4) is 0 Å². The predicted molar refractivity (Wildman–Crippen MR) is 56.0 cm³/mol. The third kappa shape index (κ3) is 2.31. The molecule has 1 aromatic rings. The summed E-state index contributed by atoms with van der Waals surface area (Å²) in [6.07, 6.45) is 3.57. The molecule has 0 radical (unpaired) electrons. The first-order valence-corrected chi connectivity index (χ1v) is 5.91. The van der Waals surface area contributed by atoms with Gasteiger partial charge < -0.3 is 5.11 Å². The van der Waals surface area contributed by atoms with Gasteiger partial charge in [-0.15, -0.1) is 0 Å². The molecule has 0 amide bonds. The third-order valence-electron chi connectivity index (χ3n) is 2.53. The minimum absolute atomic E-state index is 0.0383. The molecule has 0 bridgehead atoms. The van der Waals surface area contributed by atoms with Crippen molar-refractivity contribution in [3.8, 4) is 0 Å². The summed E-state index contributed by atoms with van der Waals surface area (Å²) in [5.41, 5.74) is 0. The molecular weight excluding hydrogens is 214 g/mol. The molecule has 1 aromatic heterocycles. The fraction of sp³-hybridized carbons (Fsp3) is 0.667. The molecule has 1 aliphatic rings. The highest BCUT2D eigenvalue weighted by Crippen LogP contribution is 2.35. The Hall–Kier alpha value is -1.04. The van der Waals surface area contributed by atoms with Crippen LogP contribution in [0.4, 0.5) is 0 Å². The fourth-order valence-electron chi connectivity index (χ4n) is 1.48. The van der Waals surface area contributed by atoms with Crippen LogP contribution in [0.25, 0.3) is 0 Å². The summed E-state index contributed by atoms with van der Waals surface area (Å²) in [4.78, 5) is 14.8. The lowest BCUT2D eigenvalue weighted by Gasteiger charge is -2.21. The molecule has 82 valence electrons. The normalized spacial score (nSPS) is 16.3. The molecule has 1 fully saturated rings. The highest BCUT2D eigenvalue weighted by Gasteiger charge is 2.24. The molecule has 1 saturated carbocycles. The Morgan fingerprint density at radius 1 is 1.67 bits per heavy atom. The first kappa shape index (κ1) is 10.5. The number of carbonyl (C=O) groups is 1. The second-order valence-electron chi connectivity index (χ2n) is 3.69.